The summed E-state index contributed by atoms with van der Waals surface area (Å²) in [5.74, 6) is 0.959. The summed E-state index contributed by atoms with van der Waals surface area (Å²) in [5, 5.41) is 2.90. The minimum absolute atomic E-state index is 0.0564. The number of rotatable bonds is 6. The number of hydrogen-bond donors (Lipinski definition) is 1. The van der Waals surface area contributed by atoms with Crippen LogP contribution in [0.2, 0.25) is 0 Å². The van der Waals surface area contributed by atoms with E-state index >= 15 is 0 Å². The van der Waals surface area contributed by atoms with Crippen LogP contribution in [0.15, 0.2) is 12.4 Å². The summed E-state index contributed by atoms with van der Waals surface area (Å²) in [5.41, 5.74) is 1.18. The Bertz CT molecular complexity index is 446. The van der Waals surface area contributed by atoms with Gasteiger partial charge in [0.05, 0.1) is 0 Å². The lowest BCUT2D eigenvalue weighted by Crippen LogP contribution is -2.41. The molecule has 0 radical (unpaired) electrons. The molecule has 0 spiro atoms. The van der Waals surface area contributed by atoms with Gasteiger partial charge in [0.15, 0.2) is 0 Å². The van der Waals surface area contributed by atoms with E-state index in [2.05, 4.69) is 27.1 Å². The van der Waals surface area contributed by atoms with Gasteiger partial charge in [0.2, 0.25) is 5.91 Å². The lowest BCUT2D eigenvalue weighted by molar-refractivity contribution is -0.119. The predicted octanol–water partition coefficient (Wildman–Crippen LogP) is 1.92. The van der Waals surface area contributed by atoms with Crippen LogP contribution in [0.5, 0.6) is 0 Å². The van der Waals surface area contributed by atoms with Crippen LogP contribution in [-0.2, 0) is 17.8 Å². The number of piperidine rings is 1. The Kier molecular flexibility index (Phi) is 6.11. The fourth-order valence-corrected chi connectivity index (χ4v) is 2.89. The Morgan fingerprint density at radius 3 is 2.81 bits per heavy atom. The maximum absolute atomic E-state index is 11.0. The molecule has 1 atom stereocenters. The number of nitrogens with zero attached hydrogens (tertiary/aromatic N) is 3. The summed E-state index contributed by atoms with van der Waals surface area (Å²) in [7, 11) is 0. The van der Waals surface area contributed by atoms with Gasteiger partial charge in [0, 0.05) is 50.4 Å². The third kappa shape index (κ3) is 5.08. The molecule has 0 aliphatic carbocycles. The molecule has 1 aromatic rings. The van der Waals surface area contributed by atoms with Crippen molar-refractivity contribution >= 4 is 5.91 Å². The summed E-state index contributed by atoms with van der Waals surface area (Å²) < 4.78 is 0. The molecule has 1 saturated heterocycles. The van der Waals surface area contributed by atoms with Gasteiger partial charge in [-0.1, -0.05) is 13.3 Å². The zero-order valence-corrected chi connectivity index (χ0v) is 13.1. The SMILES string of the molecule is CCc1ncc(CN2CCCC[C@H]2CCNC(C)=O)cn1. The Morgan fingerprint density at radius 1 is 1.38 bits per heavy atom. The maximum atomic E-state index is 11.0. The van der Waals surface area contributed by atoms with Gasteiger partial charge in [-0.2, -0.15) is 0 Å². The van der Waals surface area contributed by atoms with E-state index in [0.29, 0.717) is 6.04 Å². The first-order valence-electron chi connectivity index (χ1n) is 7.97. The third-order valence-electron chi connectivity index (χ3n) is 4.06. The van der Waals surface area contributed by atoms with Gasteiger partial charge in [-0.15, -0.1) is 0 Å². The maximum Gasteiger partial charge on any atom is 0.216 e. The van der Waals surface area contributed by atoms with Crippen LogP contribution in [0.3, 0.4) is 0 Å². The van der Waals surface area contributed by atoms with Crippen molar-refractivity contribution < 1.29 is 4.79 Å². The van der Waals surface area contributed by atoms with Gasteiger partial charge >= 0.3 is 0 Å². The molecule has 5 nitrogen and oxygen atoms in total. The fraction of sp³-hybridized carbons (Fsp3) is 0.688. The Hall–Kier alpha value is -1.49. The first-order chi connectivity index (χ1) is 10.2. The largest absolute Gasteiger partial charge is 0.356 e. The highest BCUT2D eigenvalue weighted by Gasteiger charge is 2.22. The van der Waals surface area contributed by atoms with Crippen molar-refractivity contribution in [2.75, 3.05) is 13.1 Å². The molecule has 1 aliphatic rings. The summed E-state index contributed by atoms with van der Waals surface area (Å²) >= 11 is 0. The van der Waals surface area contributed by atoms with Gasteiger partial charge in [0.25, 0.3) is 0 Å². The summed E-state index contributed by atoms with van der Waals surface area (Å²) in [6.45, 7) is 6.44. The van der Waals surface area contributed by atoms with Gasteiger partial charge in [-0.3, -0.25) is 9.69 Å². The van der Waals surface area contributed by atoms with Crippen molar-refractivity contribution in [3.05, 3.63) is 23.8 Å². The molecule has 0 unspecified atom stereocenters. The zero-order chi connectivity index (χ0) is 15.1. The highest BCUT2D eigenvalue weighted by atomic mass is 16.1. The summed E-state index contributed by atoms with van der Waals surface area (Å²) in [4.78, 5) is 22.2. The van der Waals surface area contributed by atoms with Gasteiger partial charge in [0.1, 0.15) is 5.82 Å². The van der Waals surface area contributed by atoms with E-state index in [1.54, 1.807) is 6.92 Å². The lowest BCUT2D eigenvalue weighted by Gasteiger charge is -2.35. The monoisotopic (exact) mass is 290 g/mol. The van der Waals surface area contributed by atoms with Crippen LogP contribution in [0.1, 0.15) is 50.9 Å². The number of carbonyl (C=O) groups is 1. The molecule has 2 rings (SSSR count). The van der Waals surface area contributed by atoms with Crippen molar-refractivity contribution in [2.45, 2.75) is 58.5 Å². The average Bonchev–Trinajstić information content (AvgIpc) is 2.49. The second kappa shape index (κ2) is 8.08. The van der Waals surface area contributed by atoms with Crippen LogP contribution in [0, 0.1) is 0 Å². The van der Waals surface area contributed by atoms with E-state index < -0.39 is 0 Å². The van der Waals surface area contributed by atoms with Gasteiger partial charge in [-0.25, -0.2) is 9.97 Å². The molecule has 1 aromatic heterocycles. The highest BCUT2D eigenvalue weighted by molar-refractivity contribution is 5.72. The first-order valence-corrected chi connectivity index (χ1v) is 7.97. The van der Waals surface area contributed by atoms with E-state index in [1.807, 2.05) is 12.4 Å². The molecule has 0 bridgehead atoms. The van der Waals surface area contributed by atoms with Gasteiger partial charge in [-0.05, 0) is 25.8 Å². The number of aryl methyl sites for hydroxylation is 1. The molecule has 0 aromatic carbocycles. The lowest BCUT2D eigenvalue weighted by atomic mass is 9.99. The second-order valence-electron chi connectivity index (χ2n) is 5.75. The van der Waals surface area contributed by atoms with E-state index in [0.717, 1.165) is 38.3 Å². The Balaban J connectivity index is 1.89. The standard InChI is InChI=1S/C16H26N4O/c1-3-16-18-10-14(11-19-16)12-20-9-5-4-6-15(20)7-8-17-13(2)21/h10-11,15H,3-9,12H2,1-2H3,(H,17,21)/t15-/m0/s1. The number of aromatic nitrogens is 2. The molecule has 1 N–H and O–H groups in total. The Labute approximate surface area is 127 Å². The van der Waals surface area contributed by atoms with Crippen LogP contribution in [-0.4, -0.2) is 39.9 Å². The third-order valence-corrected chi connectivity index (χ3v) is 4.06. The average molecular weight is 290 g/mol. The topological polar surface area (TPSA) is 58.1 Å². The molecule has 116 valence electrons. The normalized spacial score (nSPS) is 19.4. The van der Waals surface area contributed by atoms with Crippen molar-refractivity contribution in [2.24, 2.45) is 0 Å². The molecule has 2 heterocycles. The zero-order valence-electron chi connectivity index (χ0n) is 13.1. The minimum Gasteiger partial charge on any atom is -0.356 e. The molecular weight excluding hydrogens is 264 g/mol. The molecule has 1 aliphatic heterocycles. The molecule has 1 amide bonds. The van der Waals surface area contributed by atoms with Crippen molar-refractivity contribution in [3.8, 4) is 0 Å². The van der Waals surface area contributed by atoms with E-state index in [1.165, 1.54) is 24.8 Å². The second-order valence-corrected chi connectivity index (χ2v) is 5.75. The fourth-order valence-electron chi connectivity index (χ4n) is 2.89. The van der Waals surface area contributed by atoms with Crippen molar-refractivity contribution in [3.63, 3.8) is 0 Å². The number of amides is 1. The Morgan fingerprint density at radius 2 is 2.14 bits per heavy atom. The number of likely N-dealkylation sites (tertiary alicyclic amines) is 1. The number of nitrogens with one attached hydrogen (secondary N) is 1. The minimum atomic E-state index is 0.0564. The van der Waals surface area contributed by atoms with Crippen LogP contribution >= 0.6 is 0 Å². The van der Waals surface area contributed by atoms with Crippen LogP contribution in [0.4, 0.5) is 0 Å². The molecule has 0 saturated carbocycles. The van der Waals surface area contributed by atoms with Crippen LogP contribution in [0.25, 0.3) is 0 Å². The van der Waals surface area contributed by atoms with E-state index in [-0.39, 0.29) is 5.91 Å². The predicted molar refractivity (Wildman–Crippen MR) is 82.8 cm³/mol. The van der Waals surface area contributed by atoms with E-state index in [9.17, 15) is 4.79 Å². The molecule has 5 heteroatoms. The smallest absolute Gasteiger partial charge is 0.216 e. The summed E-state index contributed by atoms with van der Waals surface area (Å²) in [6.07, 6.45) is 9.55. The summed E-state index contributed by atoms with van der Waals surface area (Å²) in [6, 6.07) is 0.552. The highest BCUT2D eigenvalue weighted by Crippen LogP contribution is 2.21. The number of carbonyl (C=O) groups excluding carboxylic acids is 1. The number of hydrogen-bond acceptors (Lipinski definition) is 4. The first kappa shape index (κ1) is 15.9. The van der Waals surface area contributed by atoms with Crippen molar-refractivity contribution in [1.29, 1.82) is 0 Å². The van der Waals surface area contributed by atoms with E-state index in [4.69, 9.17) is 0 Å². The molecule has 1 fully saturated rings. The van der Waals surface area contributed by atoms with Crippen LogP contribution < -0.4 is 5.32 Å². The van der Waals surface area contributed by atoms with Crippen molar-refractivity contribution in [1.82, 2.24) is 20.2 Å². The quantitative estimate of drug-likeness (QED) is 0.869. The molecular formula is C16H26N4O. The van der Waals surface area contributed by atoms with Gasteiger partial charge < -0.3 is 5.32 Å². The molecule has 21 heavy (non-hydrogen) atoms.